The van der Waals surface area contributed by atoms with E-state index in [2.05, 4.69) is 15.4 Å². The highest BCUT2D eigenvalue weighted by molar-refractivity contribution is 6.34. The van der Waals surface area contributed by atoms with Crippen LogP contribution in [-0.4, -0.2) is 38.9 Å². The zero-order valence-electron chi connectivity index (χ0n) is 13.5. The van der Waals surface area contributed by atoms with E-state index in [0.29, 0.717) is 61.2 Å². The molecule has 1 heterocycles. The molecule has 7 nitrogen and oxygen atoms in total. The molecule has 1 aliphatic rings. The van der Waals surface area contributed by atoms with Crippen LogP contribution in [0, 0.1) is 0 Å². The Bertz CT molecular complexity index is 594. The summed E-state index contributed by atoms with van der Waals surface area (Å²) in [6.45, 7) is 1.58. The minimum absolute atomic E-state index is 0.251. The third-order valence-electron chi connectivity index (χ3n) is 3.41. The Balaban J connectivity index is 1.81. The number of benzene rings is 1. The minimum Gasteiger partial charge on any atom is -0.490 e. The number of ether oxygens (including phenoxy) is 3. The Hall–Kier alpha value is -2.15. The van der Waals surface area contributed by atoms with E-state index < -0.39 is 0 Å². The number of hydrogen-bond donors (Lipinski definition) is 2. The second kappa shape index (κ2) is 9.22. The molecule has 2 rings (SSSR count). The van der Waals surface area contributed by atoms with Crippen LogP contribution < -0.4 is 20.1 Å². The number of unbranched alkanes of at least 4 members (excludes halogenated alkanes) is 1. The summed E-state index contributed by atoms with van der Waals surface area (Å²) in [6, 6.07) is 2.91. The summed E-state index contributed by atoms with van der Waals surface area (Å²) in [4.78, 5) is 22.9. The van der Waals surface area contributed by atoms with Gasteiger partial charge in [0.1, 0.15) is 0 Å². The molecule has 0 saturated heterocycles. The molecule has 0 atom stereocenters. The van der Waals surface area contributed by atoms with E-state index in [9.17, 15) is 9.59 Å². The van der Waals surface area contributed by atoms with Gasteiger partial charge in [0.05, 0.1) is 31.0 Å². The standard InChI is InChI=1S/C16H21ClN2O5/c1-22-15(20)5-2-3-6-18-16(21)19-12-10-14-13(9-11(12)17)23-7-4-8-24-14/h9-10H,2-8H2,1H3,(H2,18,19,21). The van der Waals surface area contributed by atoms with Crippen LogP contribution in [0.3, 0.4) is 0 Å². The molecule has 8 heteroatoms. The fourth-order valence-corrected chi connectivity index (χ4v) is 2.35. The van der Waals surface area contributed by atoms with Gasteiger partial charge in [0.2, 0.25) is 0 Å². The van der Waals surface area contributed by atoms with Crippen molar-refractivity contribution in [3.63, 3.8) is 0 Å². The van der Waals surface area contributed by atoms with Crippen LogP contribution in [0.2, 0.25) is 5.02 Å². The number of halogens is 1. The number of esters is 1. The summed E-state index contributed by atoms with van der Waals surface area (Å²) < 4.78 is 15.7. The van der Waals surface area contributed by atoms with Crippen molar-refractivity contribution in [2.75, 3.05) is 32.2 Å². The number of amides is 2. The molecule has 1 aromatic rings. The van der Waals surface area contributed by atoms with Gasteiger partial charge < -0.3 is 24.8 Å². The Morgan fingerprint density at radius 3 is 2.62 bits per heavy atom. The third kappa shape index (κ3) is 5.49. The van der Waals surface area contributed by atoms with E-state index in [4.69, 9.17) is 21.1 Å². The maximum atomic E-state index is 11.9. The molecule has 0 radical (unpaired) electrons. The number of fused-ring (bicyclic) bond motifs is 1. The van der Waals surface area contributed by atoms with Crippen LogP contribution >= 0.6 is 11.6 Å². The van der Waals surface area contributed by atoms with E-state index >= 15 is 0 Å². The van der Waals surface area contributed by atoms with Gasteiger partial charge >= 0.3 is 12.0 Å². The minimum atomic E-state index is -0.371. The van der Waals surface area contributed by atoms with E-state index in [0.717, 1.165) is 6.42 Å². The predicted molar refractivity (Wildman–Crippen MR) is 89.9 cm³/mol. The fourth-order valence-electron chi connectivity index (χ4n) is 2.14. The van der Waals surface area contributed by atoms with E-state index in [1.165, 1.54) is 7.11 Å². The van der Waals surface area contributed by atoms with Crippen molar-refractivity contribution >= 4 is 29.3 Å². The lowest BCUT2D eigenvalue weighted by Crippen LogP contribution is -2.29. The lowest BCUT2D eigenvalue weighted by Gasteiger charge is -2.13. The van der Waals surface area contributed by atoms with Crippen LogP contribution in [0.1, 0.15) is 25.7 Å². The molecule has 2 amide bonds. The summed E-state index contributed by atoms with van der Waals surface area (Å²) in [5, 5.41) is 5.77. The first kappa shape index (κ1) is 18.2. The molecule has 132 valence electrons. The molecule has 0 spiro atoms. The topological polar surface area (TPSA) is 85.9 Å². The quantitative estimate of drug-likeness (QED) is 0.604. The molecule has 0 aromatic heterocycles. The number of carbonyl (C=O) groups excluding carboxylic acids is 2. The lowest BCUT2D eigenvalue weighted by molar-refractivity contribution is -0.140. The molecule has 0 aliphatic carbocycles. The number of methoxy groups -OCH3 is 1. The summed E-state index contributed by atoms with van der Waals surface area (Å²) >= 11 is 6.16. The fraction of sp³-hybridized carbons (Fsp3) is 0.500. The van der Waals surface area contributed by atoms with Crippen molar-refractivity contribution in [2.45, 2.75) is 25.7 Å². The molecule has 1 aromatic carbocycles. The molecule has 0 fully saturated rings. The van der Waals surface area contributed by atoms with Gasteiger partial charge in [-0.2, -0.15) is 0 Å². The van der Waals surface area contributed by atoms with Gasteiger partial charge in [-0.05, 0) is 12.8 Å². The Morgan fingerprint density at radius 1 is 1.21 bits per heavy atom. The Kier molecular flexibility index (Phi) is 6.99. The number of rotatable bonds is 6. The molecular formula is C16H21ClN2O5. The van der Waals surface area contributed by atoms with Gasteiger partial charge in [-0.25, -0.2) is 4.79 Å². The van der Waals surface area contributed by atoms with Crippen molar-refractivity contribution in [1.82, 2.24) is 5.32 Å². The van der Waals surface area contributed by atoms with Gasteiger partial charge in [0.15, 0.2) is 11.5 Å². The normalized spacial score (nSPS) is 12.9. The van der Waals surface area contributed by atoms with Gasteiger partial charge in [-0.1, -0.05) is 11.6 Å². The van der Waals surface area contributed by atoms with Crippen LogP contribution in [0.25, 0.3) is 0 Å². The predicted octanol–water partition coefficient (Wildman–Crippen LogP) is 2.97. The zero-order valence-corrected chi connectivity index (χ0v) is 14.3. The van der Waals surface area contributed by atoms with Crippen LogP contribution in [0.15, 0.2) is 12.1 Å². The van der Waals surface area contributed by atoms with Gasteiger partial charge in [0, 0.05) is 31.5 Å². The second-order valence-corrected chi connectivity index (χ2v) is 5.65. The van der Waals surface area contributed by atoms with Gasteiger partial charge in [-0.3, -0.25) is 4.79 Å². The SMILES string of the molecule is COC(=O)CCCCNC(=O)Nc1cc2c(cc1Cl)OCCCO2. The number of carbonyl (C=O) groups is 2. The maximum Gasteiger partial charge on any atom is 0.319 e. The van der Waals surface area contributed by atoms with E-state index in [-0.39, 0.29) is 12.0 Å². The highest BCUT2D eigenvalue weighted by Gasteiger charge is 2.15. The summed E-state index contributed by atoms with van der Waals surface area (Å²) in [5.74, 6) is 0.884. The zero-order chi connectivity index (χ0) is 17.4. The molecular weight excluding hydrogens is 336 g/mol. The highest BCUT2D eigenvalue weighted by atomic mass is 35.5. The Labute approximate surface area is 145 Å². The number of nitrogens with one attached hydrogen (secondary N) is 2. The van der Waals surface area contributed by atoms with E-state index in [1.54, 1.807) is 12.1 Å². The molecule has 1 aliphatic heterocycles. The van der Waals surface area contributed by atoms with Crippen LogP contribution in [0.5, 0.6) is 11.5 Å². The third-order valence-corrected chi connectivity index (χ3v) is 3.72. The second-order valence-electron chi connectivity index (χ2n) is 5.24. The molecule has 0 saturated carbocycles. The van der Waals surface area contributed by atoms with E-state index in [1.807, 2.05) is 0 Å². The summed E-state index contributed by atoms with van der Waals surface area (Å²) in [5.41, 5.74) is 0.452. The van der Waals surface area contributed by atoms with Crippen molar-refractivity contribution in [2.24, 2.45) is 0 Å². The summed E-state index contributed by atoms with van der Waals surface area (Å²) in [6.07, 6.45) is 2.46. The number of urea groups is 1. The van der Waals surface area contributed by atoms with Crippen molar-refractivity contribution in [3.8, 4) is 11.5 Å². The maximum absolute atomic E-state index is 11.9. The van der Waals surface area contributed by atoms with Crippen molar-refractivity contribution in [3.05, 3.63) is 17.2 Å². The summed E-state index contributed by atoms with van der Waals surface area (Å²) in [7, 11) is 1.35. The smallest absolute Gasteiger partial charge is 0.319 e. The van der Waals surface area contributed by atoms with Crippen LogP contribution in [-0.2, 0) is 9.53 Å². The first-order valence-electron chi connectivity index (χ1n) is 7.81. The molecule has 2 N–H and O–H groups in total. The van der Waals surface area contributed by atoms with Crippen molar-refractivity contribution in [1.29, 1.82) is 0 Å². The van der Waals surface area contributed by atoms with Gasteiger partial charge in [-0.15, -0.1) is 0 Å². The molecule has 24 heavy (non-hydrogen) atoms. The number of hydrogen-bond acceptors (Lipinski definition) is 5. The monoisotopic (exact) mass is 356 g/mol. The van der Waals surface area contributed by atoms with Crippen LogP contribution in [0.4, 0.5) is 10.5 Å². The van der Waals surface area contributed by atoms with Gasteiger partial charge in [0.25, 0.3) is 0 Å². The largest absolute Gasteiger partial charge is 0.490 e. The lowest BCUT2D eigenvalue weighted by atomic mass is 10.2. The molecule has 0 unspecified atom stereocenters. The average Bonchev–Trinajstić information content (AvgIpc) is 2.79. The first-order valence-corrected chi connectivity index (χ1v) is 8.18. The van der Waals surface area contributed by atoms with Crippen molar-refractivity contribution < 1.29 is 23.8 Å². The first-order chi connectivity index (χ1) is 11.6. The Morgan fingerprint density at radius 2 is 1.92 bits per heavy atom. The number of anilines is 1. The average molecular weight is 357 g/mol. The highest BCUT2D eigenvalue weighted by Crippen LogP contribution is 2.37. The molecule has 0 bridgehead atoms.